The van der Waals surface area contributed by atoms with Gasteiger partial charge in [0.2, 0.25) is 0 Å². The van der Waals surface area contributed by atoms with Crippen molar-refractivity contribution in [3.05, 3.63) is 36.5 Å². The maximum absolute atomic E-state index is 4.18. The Morgan fingerprint density at radius 2 is 2.18 bits per heavy atom. The second-order valence-electron chi connectivity index (χ2n) is 4.46. The average Bonchev–Trinajstić information content (AvgIpc) is 3.02. The van der Waals surface area contributed by atoms with Crippen molar-refractivity contribution in [2.75, 3.05) is 6.54 Å². The van der Waals surface area contributed by atoms with E-state index in [9.17, 15) is 0 Å². The van der Waals surface area contributed by atoms with Crippen molar-refractivity contribution in [1.82, 2.24) is 20.3 Å². The molecule has 0 spiro atoms. The summed E-state index contributed by atoms with van der Waals surface area (Å²) in [5.41, 5.74) is 2.27. The highest BCUT2D eigenvalue weighted by atomic mass is 15.4. The van der Waals surface area contributed by atoms with Crippen LogP contribution < -0.4 is 5.32 Å². The van der Waals surface area contributed by atoms with Gasteiger partial charge in [-0.15, -0.1) is 5.10 Å². The molecule has 1 atom stereocenters. The zero-order chi connectivity index (χ0) is 11.5. The summed E-state index contributed by atoms with van der Waals surface area (Å²) in [6.07, 6.45) is 4.33. The Morgan fingerprint density at radius 3 is 2.94 bits per heavy atom. The van der Waals surface area contributed by atoms with E-state index in [-0.39, 0.29) is 0 Å². The van der Waals surface area contributed by atoms with Crippen LogP contribution in [0.1, 0.15) is 12.8 Å². The molecule has 88 valence electrons. The van der Waals surface area contributed by atoms with Crippen LogP contribution >= 0.6 is 0 Å². The van der Waals surface area contributed by atoms with Crippen LogP contribution in [0.2, 0.25) is 0 Å². The lowest BCUT2D eigenvalue weighted by Crippen LogP contribution is -2.27. The van der Waals surface area contributed by atoms with E-state index in [4.69, 9.17) is 0 Å². The van der Waals surface area contributed by atoms with Crippen LogP contribution in [-0.2, 0) is 6.54 Å². The van der Waals surface area contributed by atoms with Crippen LogP contribution in [0.3, 0.4) is 0 Å². The molecule has 1 aromatic heterocycles. The molecule has 0 bridgehead atoms. The summed E-state index contributed by atoms with van der Waals surface area (Å²) in [5.74, 6) is 0. The first kappa shape index (κ1) is 10.5. The van der Waals surface area contributed by atoms with Gasteiger partial charge in [0.1, 0.15) is 0 Å². The zero-order valence-corrected chi connectivity index (χ0v) is 9.71. The van der Waals surface area contributed by atoms with Gasteiger partial charge in [0.25, 0.3) is 0 Å². The molecule has 0 saturated carbocycles. The smallest absolute Gasteiger partial charge is 0.0886 e. The van der Waals surface area contributed by atoms with Crippen LogP contribution in [-0.4, -0.2) is 27.6 Å². The highest BCUT2D eigenvalue weighted by Crippen LogP contribution is 2.18. The lowest BCUT2D eigenvalue weighted by atomic mass is 10.1. The molecule has 0 aliphatic carbocycles. The van der Waals surface area contributed by atoms with Gasteiger partial charge in [0, 0.05) is 11.6 Å². The fourth-order valence-electron chi connectivity index (χ4n) is 2.35. The van der Waals surface area contributed by atoms with Gasteiger partial charge in [-0.25, -0.2) is 4.68 Å². The van der Waals surface area contributed by atoms with Crippen molar-refractivity contribution in [3.8, 4) is 11.3 Å². The minimum atomic E-state index is 0.541. The van der Waals surface area contributed by atoms with E-state index in [0.29, 0.717) is 6.04 Å². The summed E-state index contributed by atoms with van der Waals surface area (Å²) in [4.78, 5) is 0. The molecule has 2 aromatic rings. The van der Waals surface area contributed by atoms with E-state index < -0.39 is 0 Å². The fraction of sp³-hybridized carbons (Fsp3) is 0.385. The second-order valence-corrected chi connectivity index (χ2v) is 4.46. The molecule has 1 aromatic carbocycles. The molecule has 0 unspecified atom stereocenters. The lowest BCUT2D eigenvalue weighted by molar-refractivity contribution is 0.470. The number of aromatic nitrogens is 3. The first-order chi connectivity index (χ1) is 8.43. The van der Waals surface area contributed by atoms with Crippen LogP contribution in [0.4, 0.5) is 0 Å². The summed E-state index contributed by atoms with van der Waals surface area (Å²) in [5, 5.41) is 11.7. The predicted octanol–water partition coefficient (Wildman–Crippen LogP) is 1.70. The number of nitrogens with one attached hydrogen (secondary N) is 1. The van der Waals surface area contributed by atoms with Gasteiger partial charge in [0.05, 0.1) is 18.4 Å². The number of rotatable bonds is 3. The molecule has 17 heavy (non-hydrogen) atoms. The Hall–Kier alpha value is -1.68. The van der Waals surface area contributed by atoms with E-state index in [1.807, 2.05) is 29.1 Å². The third-order valence-electron chi connectivity index (χ3n) is 3.24. The van der Waals surface area contributed by atoms with Gasteiger partial charge in [-0.05, 0) is 19.4 Å². The molecule has 1 fully saturated rings. The van der Waals surface area contributed by atoms with Crippen molar-refractivity contribution in [2.24, 2.45) is 0 Å². The highest BCUT2D eigenvalue weighted by molar-refractivity contribution is 5.57. The molecule has 4 nitrogen and oxygen atoms in total. The maximum Gasteiger partial charge on any atom is 0.0886 e. The zero-order valence-electron chi connectivity index (χ0n) is 9.71. The van der Waals surface area contributed by atoms with Crippen molar-refractivity contribution >= 4 is 0 Å². The van der Waals surface area contributed by atoms with Gasteiger partial charge in [-0.3, -0.25) is 0 Å². The largest absolute Gasteiger partial charge is 0.312 e. The van der Waals surface area contributed by atoms with Crippen LogP contribution in [0.25, 0.3) is 11.3 Å². The van der Waals surface area contributed by atoms with E-state index in [2.05, 4.69) is 27.8 Å². The Morgan fingerprint density at radius 1 is 1.29 bits per heavy atom. The molecule has 4 heteroatoms. The van der Waals surface area contributed by atoms with E-state index >= 15 is 0 Å². The Bertz CT molecular complexity index is 471. The molecule has 1 saturated heterocycles. The Kier molecular flexibility index (Phi) is 2.88. The van der Waals surface area contributed by atoms with Crippen molar-refractivity contribution in [1.29, 1.82) is 0 Å². The molecular weight excluding hydrogens is 212 g/mol. The van der Waals surface area contributed by atoms with E-state index in [0.717, 1.165) is 18.8 Å². The molecule has 0 radical (unpaired) electrons. The van der Waals surface area contributed by atoms with Crippen molar-refractivity contribution in [2.45, 2.75) is 25.4 Å². The predicted molar refractivity (Wildman–Crippen MR) is 66.5 cm³/mol. The van der Waals surface area contributed by atoms with Crippen LogP contribution in [0.15, 0.2) is 36.5 Å². The SMILES string of the molecule is c1ccc(-c2cnnn2C[C@@H]2CCCN2)cc1. The molecule has 1 aliphatic rings. The molecular formula is C13H16N4. The first-order valence-electron chi connectivity index (χ1n) is 6.11. The van der Waals surface area contributed by atoms with E-state index in [1.165, 1.54) is 18.4 Å². The van der Waals surface area contributed by atoms with Gasteiger partial charge < -0.3 is 5.32 Å². The summed E-state index contributed by atoms with van der Waals surface area (Å²) in [7, 11) is 0. The minimum absolute atomic E-state index is 0.541. The number of nitrogens with zero attached hydrogens (tertiary/aromatic N) is 3. The molecule has 1 N–H and O–H groups in total. The van der Waals surface area contributed by atoms with Crippen molar-refractivity contribution in [3.63, 3.8) is 0 Å². The van der Waals surface area contributed by atoms with Gasteiger partial charge >= 0.3 is 0 Å². The first-order valence-corrected chi connectivity index (χ1v) is 6.11. The fourth-order valence-corrected chi connectivity index (χ4v) is 2.35. The average molecular weight is 228 g/mol. The normalized spacial score (nSPS) is 19.6. The Labute approximate surface area is 101 Å². The molecule has 2 heterocycles. The number of hydrogen-bond donors (Lipinski definition) is 1. The Balaban J connectivity index is 1.84. The third-order valence-corrected chi connectivity index (χ3v) is 3.24. The van der Waals surface area contributed by atoms with Gasteiger partial charge in [-0.1, -0.05) is 35.5 Å². The maximum atomic E-state index is 4.18. The summed E-state index contributed by atoms with van der Waals surface area (Å²) >= 11 is 0. The number of hydrogen-bond acceptors (Lipinski definition) is 3. The third kappa shape index (κ3) is 2.22. The topological polar surface area (TPSA) is 42.7 Å². The quantitative estimate of drug-likeness (QED) is 0.869. The monoisotopic (exact) mass is 228 g/mol. The summed E-state index contributed by atoms with van der Waals surface area (Å²) in [6.45, 7) is 2.03. The van der Waals surface area contributed by atoms with Gasteiger partial charge in [0.15, 0.2) is 0 Å². The standard InChI is InChI=1S/C13H16N4/c1-2-5-11(6-3-1)13-9-15-16-17(13)10-12-7-4-8-14-12/h1-3,5-6,9,12,14H,4,7-8,10H2/t12-/m0/s1. The summed E-state index contributed by atoms with van der Waals surface area (Å²) in [6, 6.07) is 10.8. The highest BCUT2D eigenvalue weighted by Gasteiger charge is 2.16. The second kappa shape index (κ2) is 4.67. The van der Waals surface area contributed by atoms with Crippen LogP contribution in [0.5, 0.6) is 0 Å². The molecule has 3 rings (SSSR count). The molecule has 0 amide bonds. The number of benzene rings is 1. The van der Waals surface area contributed by atoms with Crippen LogP contribution in [0, 0.1) is 0 Å². The molecule has 1 aliphatic heterocycles. The summed E-state index contributed by atoms with van der Waals surface area (Å²) < 4.78 is 2.00. The van der Waals surface area contributed by atoms with Gasteiger partial charge in [-0.2, -0.15) is 0 Å². The van der Waals surface area contributed by atoms with E-state index in [1.54, 1.807) is 0 Å². The van der Waals surface area contributed by atoms with Crippen molar-refractivity contribution < 1.29 is 0 Å². The minimum Gasteiger partial charge on any atom is -0.312 e. The lowest BCUT2D eigenvalue weighted by Gasteiger charge is -2.12.